The molecule has 1 aromatic carbocycles. The number of H-pyrrole nitrogens is 1. The lowest BCUT2D eigenvalue weighted by atomic mass is 9.98. The van der Waals surface area contributed by atoms with Crippen LogP contribution in [0.2, 0.25) is 0 Å². The van der Waals surface area contributed by atoms with Crippen LogP contribution in [0.1, 0.15) is 44.2 Å². The van der Waals surface area contributed by atoms with Crippen LogP contribution in [0, 0.1) is 18.8 Å². The summed E-state index contributed by atoms with van der Waals surface area (Å²) in [6.07, 6.45) is 10.4. The van der Waals surface area contributed by atoms with Gasteiger partial charge in [-0.25, -0.2) is 0 Å². The van der Waals surface area contributed by atoms with E-state index in [1.54, 1.807) is 0 Å². The van der Waals surface area contributed by atoms with E-state index in [-0.39, 0.29) is 0 Å². The van der Waals surface area contributed by atoms with E-state index in [1.807, 2.05) is 6.20 Å². The molecule has 3 unspecified atom stereocenters. The first-order valence-corrected chi connectivity index (χ1v) is 9.33. The molecule has 0 saturated heterocycles. The summed E-state index contributed by atoms with van der Waals surface area (Å²) in [7, 11) is 0. The summed E-state index contributed by atoms with van der Waals surface area (Å²) in [5.74, 6) is 2.74. The molecule has 0 aliphatic heterocycles. The molecule has 3 heteroatoms. The second kappa shape index (κ2) is 5.51. The van der Waals surface area contributed by atoms with Crippen LogP contribution in [-0.2, 0) is 0 Å². The van der Waals surface area contributed by atoms with Crippen molar-refractivity contribution >= 4 is 21.8 Å². The van der Waals surface area contributed by atoms with Gasteiger partial charge in [0.25, 0.3) is 0 Å². The number of aromatic nitrogens is 2. The molecule has 0 spiro atoms. The molecule has 3 atom stereocenters. The Kier molecular flexibility index (Phi) is 3.29. The Morgan fingerprint density at radius 3 is 2.96 bits per heavy atom. The number of aryl methyl sites for hydroxylation is 1. The molecule has 3 nitrogen and oxygen atoms in total. The molecule has 0 bridgehead atoms. The normalized spacial score (nSPS) is 26.8. The van der Waals surface area contributed by atoms with Crippen molar-refractivity contribution < 1.29 is 4.74 Å². The van der Waals surface area contributed by atoms with Crippen molar-refractivity contribution in [3.63, 3.8) is 0 Å². The van der Waals surface area contributed by atoms with Gasteiger partial charge >= 0.3 is 0 Å². The average molecular weight is 320 g/mol. The fourth-order valence-corrected chi connectivity index (χ4v) is 4.54. The lowest BCUT2D eigenvalue weighted by Gasteiger charge is -2.21. The number of hydrogen-bond donors (Lipinski definition) is 1. The van der Waals surface area contributed by atoms with E-state index < -0.39 is 0 Å². The molecule has 24 heavy (non-hydrogen) atoms. The number of hydrogen-bond acceptors (Lipinski definition) is 2. The molecule has 1 N–H and O–H groups in total. The van der Waals surface area contributed by atoms with Gasteiger partial charge in [-0.2, -0.15) is 0 Å². The van der Waals surface area contributed by atoms with Gasteiger partial charge in [-0.1, -0.05) is 19.3 Å². The monoisotopic (exact) mass is 320 g/mol. The summed E-state index contributed by atoms with van der Waals surface area (Å²) in [4.78, 5) is 7.92. The smallest absolute Gasteiger partial charge is 0.121 e. The molecule has 2 saturated carbocycles. The first kappa shape index (κ1) is 14.3. The fourth-order valence-electron chi connectivity index (χ4n) is 4.54. The number of fused-ring (bicyclic) bond motifs is 4. The molecule has 0 radical (unpaired) electrons. The van der Waals surface area contributed by atoms with Gasteiger partial charge in [0, 0.05) is 23.0 Å². The maximum absolute atomic E-state index is 6.44. The van der Waals surface area contributed by atoms with E-state index in [9.17, 15) is 0 Å². The summed E-state index contributed by atoms with van der Waals surface area (Å²) in [6, 6.07) is 8.59. The molecule has 5 rings (SSSR count). The Morgan fingerprint density at radius 2 is 2.00 bits per heavy atom. The number of rotatable bonds is 2. The largest absolute Gasteiger partial charge is 0.490 e. The van der Waals surface area contributed by atoms with Gasteiger partial charge in [-0.3, -0.25) is 4.98 Å². The third-order valence-corrected chi connectivity index (χ3v) is 5.99. The van der Waals surface area contributed by atoms with E-state index in [2.05, 4.69) is 41.2 Å². The quantitative estimate of drug-likeness (QED) is 0.689. The number of benzene rings is 1. The maximum atomic E-state index is 6.44. The van der Waals surface area contributed by atoms with Crippen LogP contribution >= 0.6 is 0 Å². The van der Waals surface area contributed by atoms with E-state index in [0.29, 0.717) is 6.10 Å². The molecule has 0 amide bonds. The molecular weight excluding hydrogens is 296 g/mol. The van der Waals surface area contributed by atoms with Gasteiger partial charge in [0.2, 0.25) is 0 Å². The SMILES string of the molecule is Cc1nccc2c1[nH]c1cc(OC3CCCCCC4CC43)ccc12. The van der Waals surface area contributed by atoms with Crippen LogP contribution in [0.15, 0.2) is 30.5 Å². The van der Waals surface area contributed by atoms with Crippen LogP contribution in [0.4, 0.5) is 0 Å². The third kappa shape index (κ3) is 2.38. The Bertz CT molecular complexity index is 897. The summed E-state index contributed by atoms with van der Waals surface area (Å²) < 4.78 is 6.44. The molecule has 2 aromatic heterocycles. The van der Waals surface area contributed by atoms with Crippen molar-refractivity contribution in [2.24, 2.45) is 11.8 Å². The molecule has 2 aliphatic rings. The molecule has 124 valence electrons. The summed E-state index contributed by atoms with van der Waals surface area (Å²) in [5.41, 5.74) is 3.33. The maximum Gasteiger partial charge on any atom is 0.121 e. The lowest BCUT2D eigenvalue weighted by molar-refractivity contribution is 0.151. The van der Waals surface area contributed by atoms with Gasteiger partial charge in [0.15, 0.2) is 0 Å². The predicted molar refractivity (Wildman–Crippen MR) is 97.4 cm³/mol. The highest BCUT2D eigenvalue weighted by molar-refractivity contribution is 6.08. The van der Waals surface area contributed by atoms with Crippen molar-refractivity contribution in [3.8, 4) is 5.75 Å². The number of aromatic amines is 1. The van der Waals surface area contributed by atoms with Crippen LogP contribution in [-0.4, -0.2) is 16.1 Å². The highest BCUT2D eigenvalue weighted by atomic mass is 16.5. The van der Waals surface area contributed by atoms with E-state index in [0.717, 1.165) is 34.3 Å². The standard InChI is InChI=1S/C21H24N2O/c1-13-21-17(9-10-22-13)16-8-7-15(12-19(16)23-21)24-20-6-4-2-3-5-14-11-18(14)20/h7-10,12,14,18,20,23H,2-6,11H2,1H3. The Labute approximate surface area is 142 Å². The van der Waals surface area contributed by atoms with E-state index in [4.69, 9.17) is 4.74 Å². The number of nitrogens with one attached hydrogen (secondary N) is 1. The molecule has 3 aromatic rings. The fraction of sp³-hybridized carbons (Fsp3) is 0.476. The second-order valence-electron chi connectivity index (χ2n) is 7.61. The van der Waals surface area contributed by atoms with E-state index in [1.165, 1.54) is 49.3 Å². The van der Waals surface area contributed by atoms with Crippen LogP contribution < -0.4 is 4.74 Å². The first-order valence-electron chi connectivity index (χ1n) is 9.33. The zero-order valence-corrected chi connectivity index (χ0v) is 14.2. The first-order chi connectivity index (χ1) is 11.8. The van der Waals surface area contributed by atoms with E-state index >= 15 is 0 Å². The topological polar surface area (TPSA) is 37.9 Å². The summed E-state index contributed by atoms with van der Waals surface area (Å²) >= 11 is 0. The Morgan fingerprint density at radius 1 is 1.08 bits per heavy atom. The molecular formula is C21H24N2O. The van der Waals surface area contributed by atoms with Crippen molar-refractivity contribution in [3.05, 3.63) is 36.2 Å². The Balaban J connectivity index is 1.47. The minimum atomic E-state index is 0.417. The number of pyridine rings is 1. The van der Waals surface area contributed by atoms with Crippen molar-refractivity contribution in [2.45, 2.75) is 51.6 Å². The zero-order chi connectivity index (χ0) is 16.1. The van der Waals surface area contributed by atoms with Gasteiger partial charge in [0.1, 0.15) is 11.9 Å². The zero-order valence-electron chi connectivity index (χ0n) is 14.2. The number of nitrogens with zero attached hydrogens (tertiary/aromatic N) is 1. The van der Waals surface area contributed by atoms with Crippen LogP contribution in [0.25, 0.3) is 21.8 Å². The highest BCUT2D eigenvalue weighted by Gasteiger charge is 2.44. The third-order valence-electron chi connectivity index (χ3n) is 5.99. The summed E-state index contributed by atoms with van der Waals surface area (Å²) in [6.45, 7) is 2.05. The predicted octanol–water partition coefficient (Wildman–Crippen LogP) is 5.37. The molecule has 2 aliphatic carbocycles. The van der Waals surface area contributed by atoms with Crippen molar-refractivity contribution in [2.75, 3.05) is 0 Å². The van der Waals surface area contributed by atoms with Crippen LogP contribution in [0.5, 0.6) is 5.75 Å². The van der Waals surface area contributed by atoms with Gasteiger partial charge in [0.05, 0.1) is 16.7 Å². The van der Waals surface area contributed by atoms with Crippen molar-refractivity contribution in [1.82, 2.24) is 9.97 Å². The minimum absolute atomic E-state index is 0.417. The Hall–Kier alpha value is -2.03. The minimum Gasteiger partial charge on any atom is -0.490 e. The number of ether oxygens (including phenoxy) is 1. The van der Waals surface area contributed by atoms with Gasteiger partial charge < -0.3 is 9.72 Å². The summed E-state index contributed by atoms with van der Waals surface area (Å²) in [5, 5.41) is 2.50. The lowest BCUT2D eigenvalue weighted by Crippen LogP contribution is -2.21. The van der Waals surface area contributed by atoms with Crippen LogP contribution in [0.3, 0.4) is 0 Å². The second-order valence-corrected chi connectivity index (χ2v) is 7.61. The molecule has 2 fully saturated rings. The van der Waals surface area contributed by atoms with Gasteiger partial charge in [-0.15, -0.1) is 0 Å². The van der Waals surface area contributed by atoms with Gasteiger partial charge in [-0.05, 0) is 56.2 Å². The van der Waals surface area contributed by atoms with Crippen molar-refractivity contribution in [1.29, 1.82) is 0 Å². The average Bonchev–Trinajstić information content (AvgIpc) is 3.22. The molecule has 2 heterocycles. The highest BCUT2D eigenvalue weighted by Crippen LogP contribution is 2.48.